The van der Waals surface area contributed by atoms with Crippen LogP contribution < -0.4 is 0 Å². The highest BCUT2D eigenvalue weighted by molar-refractivity contribution is 5.76. The zero-order valence-corrected chi connectivity index (χ0v) is 7.62. The predicted octanol–water partition coefficient (Wildman–Crippen LogP) is 0.770. The topological polar surface area (TPSA) is 40.5 Å². The minimum absolute atomic E-state index is 0.101. The number of nitrogens with zero attached hydrogens (tertiary/aromatic N) is 1. The van der Waals surface area contributed by atoms with Gasteiger partial charge in [0.1, 0.15) is 0 Å². The molecule has 3 nitrogen and oxygen atoms in total. The minimum atomic E-state index is 0.101. The highest BCUT2D eigenvalue weighted by Gasteiger charge is 2.26. The van der Waals surface area contributed by atoms with Gasteiger partial charge in [-0.3, -0.25) is 4.79 Å². The third kappa shape index (κ3) is 1.97. The molecule has 1 saturated heterocycles. The smallest absolute Gasteiger partial charge is 0.222 e. The quantitative estimate of drug-likeness (QED) is 0.681. The van der Waals surface area contributed by atoms with Crippen molar-refractivity contribution in [3.8, 4) is 0 Å². The fraction of sp³-hybridized carbons (Fsp3) is 0.889. The summed E-state index contributed by atoms with van der Waals surface area (Å²) in [5, 5.41) is 8.96. The molecule has 0 aromatic rings. The standard InChI is InChI=1S/C9H17NO2/c1-2-4-9(12)10-6-3-5-8(10)7-11/h8,11H,2-7H2,1H3/t8-/m1/s1. The van der Waals surface area contributed by atoms with Gasteiger partial charge in [-0.2, -0.15) is 0 Å². The van der Waals surface area contributed by atoms with E-state index in [1.54, 1.807) is 0 Å². The summed E-state index contributed by atoms with van der Waals surface area (Å²) >= 11 is 0. The van der Waals surface area contributed by atoms with Gasteiger partial charge in [0.15, 0.2) is 0 Å². The van der Waals surface area contributed by atoms with Crippen LogP contribution in [0.3, 0.4) is 0 Å². The summed E-state index contributed by atoms with van der Waals surface area (Å²) in [5.41, 5.74) is 0. The van der Waals surface area contributed by atoms with Crippen LogP contribution in [0.15, 0.2) is 0 Å². The molecule has 70 valence electrons. The van der Waals surface area contributed by atoms with Gasteiger partial charge in [0.05, 0.1) is 12.6 Å². The van der Waals surface area contributed by atoms with Crippen molar-refractivity contribution in [1.82, 2.24) is 4.90 Å². The third-order valence-electron chi connectivity index (χ3n) is 2.37. The van der Waals surface area contributed by atoms with Crippen molar-refractivity contribution in [2.75, 3.05) is 13.2 Å². The summed E-state index contributed by atoms with van der Waals surface area (Å²) in [6, 6.07) is 0.101. The monoisotopic (exact) mass is 171 g/mol. The highest BCUT2D eigenvalue weighted by Crippen LogP contribution is 2.17. The first kappa shape index (κ1) is 9.52. The van der Waals surface area contributed by atoms with Gasteiger partial charge < -0.3 is 10.0 Å². The molecule has 0 saturated carbocycles. The lowest BCUT2D eigenvalue weighted by molar-refractivity contribution is -0.132. The normalized spacial score (nSPS) is 23.2. The van der Waals surface area contributed by atoms with Gasteiger partial charge in [0, 0.05) is 13.0 Å². The van der Waals surface area contributed by atoms with E-state index < -0.39 is 0 Å². The molecular weight excluding hydrogens is 154 g/mol. The maximum atomic E-state index is 11.4. The van der Waals surface area contributed by atoms with Crippen LogP contribution in [0.4, 0.5) is 0 Å². The van der Waals surface area contributed by atoms with Gasteiger partial charge in [-0.15, -0.1) is 0 Å². The van der Waals surface area contributed by atoms with Crippen molar-refractivity contribution < 1.29 is 9.90 Å². The van der Waals surface area contributed by atoms with Crippen molar-refractivity contribution >= 4 is 5.91 Å². The lowest BCUT2D eigenvalue weighted by Crippen LogP contribution is -2.37. The molecule has 1 aliphatic heterocycles. The van der Waals surface area contributed by atoms with Gasteiger partial charge in [-0.25, -0.2) is 0 Å². The molecule has 1 aliphatic rings. The van der Waals surface area contributed by atoms with Crippen LogP contribution in [-0.2, 0) is 4.79 Å². The number of likely N-dealkylation sites (tertiary alicyclic amines) is 1. The molecule has 1 heterocycles. The molecule has 3 heteroatoms. The van der Waals surface area contributed by atoms with E-state index in [9.17, 15) is 4.79 Å². The second kappa shape index (κ2) is 4.45. The first-order valence-electron chi connectivity index (χ1n) is 4.70. The van der Waals surface area contributed by atoms with Crippen LogP contribution in [0.1, 0.15) is 32.6 Å². The number of hydrogen-bond donors (Lipinski definition) is 1. The van der Waals surface area contributed by atoms with Crippen LogP contribution in [-0.4, -0.2) is 35.1 Å². The van der Waals surface area contributed by atoms with E-state index in [-0.39, 0.29) is 18.6 Å². The lowest BCUT2D eigenvalue weighted by Gasteiger charge is -2.22. The van der Waals surface area contributed by atoms with E-state index in [4.69, 9.17) is 5.11 Å². The van der Waals surface area contributed by atoms with E-state index in [1.807, 2.05) is 11.8 Å². The van der Waals surface area contributed by atoms with Crippen molar-refractivity contribution in [3.63, 3.8) is 0 Å². The molecule has 12 heavy (non-hydrogen) atoms. The molecule has 0 bridgehead atoms. The second-order valence-electron chi connectivity index (χ2n) is 3.32. The van der Waals surface area contributed by atoms with Gasteiger partial charge in [-0.05, 0) is 19.3 Å². The van der Waals surface area contributed by atoms with E-state index in [2.05, 4.69) is 0 Å². The van der Waals surface area contributed by atoms with Gasteiger partial charge >= 0.3 is 0 Å². The average Bonchev–Trinajstić information content (AvgIpc) is 2.51. The Balaban J connectivity index is 2.43. The van der Waals surface area contributed by atoms with Crippen molar-refractivity contribution in [2.24, 2.45) is 0 Å². The van der Waals surface area contributed by atoms with Crippen LogP contribution in [0, 0.1) is 0 Å². The van der Waals surface area contributed by atoms with Crippen molar-refractivity contribution in [3.05, 3.63) is 0 Å². The van der Waals surface area contributed by atoms with Crippen LogP contribution in [0.25, 0.3) is 0 Å². The summed E-state index contributed by atoms with van der Waals surface area (Å²) in [7, 11) is 0. The Morgan fingerprint density at radius 1 is 1.67 bits per heavy atom. The first-order valence-corrected chi connectivity index (χ1v) is 4.70. The molecule has 0 aromatic carbocycles. The number of amides is 1. The molecule has 0 spiro atoms. The second-order valence-corrected chi connectivity index (χ2v) is 3.32. The predicted molar refractivity (Wildman–Crippen MR) is 46.7 cm³/mol. The third-order valence-corrected chi connectivity index (χ3v) is 2.37. The molecule has 0 aliphatic carbocycles. The number of hydrogen-bond acceptors (Lipinski definition) is 2. The molecule has 1 fully saturated rings. The van der Waals surface area contributed by atoms with Crippen LogP contribution >= 0.6 is 0 Å². The molecule has 0 radical (unpaired) electrons. The van der Waals surface area contributed by atoms with E-state index in [1.165, 1.54) is 0 Å². The molecule has 1 N–H and O–H groups in total. The Kier molecular flexibility index (Phi) is 3.53. The van der Waals surface area contributed by atoms with Crippen LogP contribution in [0.2, 0.25) is 0 Å². The zero-order valence-electron chi connectivity index (χ0n) is 7.62. The number of aliphatic hydroxyl groups is 1. The van der Waals surface area contributed by atoms with E-state index >= 15 is 0 Å². The molecular formula is C9H17NO2. The molecule has 0 unspecified atom stereocenters. The summed E-state index contributed by atoms with van der Waals surface area (Å²) in [4.78, 5) is 13.3. The number of carbonyl (C=O) groups is 1. The van der Waals surface area contributed by atoms with Gasteiger partial charge in [-0.1, -0.05) is 6.92 Å². The maximum Gasteiger partial charge on any atom is 0.222 e. The van der Waals surface area contributed by atoms with E-state index in [0.29, 0.717) is 6.42 Å². The maximum absolute atomic E-state index is 11.4. The van der Waals surface area contributed by atoms with Gasteiger partial charge in [0.2, 0.25) is 5.91 Å². The SMILES string of the molecule is CCCC(=O)N1CCC[C@@H]1CO. The van der Waals surface area contributed by atoms with Crippen molar-refractivity contribution in [2.45, 2.75) is 38.6 Å². The Bertz CT molecular complexity index is 159. The average molecular weight is 171 g/mol. The zero-order chi connectivity index (χ0) is 8.97. The first-order chi connectivity index (χ1) is 5.79. The van der Waals surface area contributed by atoms with Crippen molar-refractivity contribution in [1.29, 1.82) is 0 Å². The largest absolute Gasteiger partial charge is 0.394 e. The minimum Gasteiger partial charge on any atom is -0.394 e. The van der Waals surface area contributed by atoms with Gasteiger partial charge in [0.25, 0.3) is 0 Å². The molecule has 1 rings (SSSR count). The number of carbonyl (C=O) groups excluding carboxylic acids is 1. The summed E-state index contributed by atoms with van der Waals surface area (Å²) in [6.45, 7) is 2.96. The fourth-order valence-electron chi connectivity index (χ4n) is 1.71. The highest BCUT2D eigenvalue weighted by atomic mass is 16.3. The lowest BCUT2D eigenvalue weighted by atomic mass is 10.2. The summed E-state index contributed by atoms with van der Waals surface area (Å²) in [5.74, 6) is 0.203. The van der Waals surface area contributed by atoms with E-state index in [0.717, 1.165) is 25.8 Å². The molecule has 1 atom stereocenters. The number of rotatable bonds is 3. The summed E-state index contributed by atoms with van der Waals surface area (Å²) in [6.07, 6.45) is 3.52. The Morgan fingerprint density at radius 3 is 3.00 bits per heavy atom. The Hall–Kier alpha value is -0.570. The molecule has 0 aromatic heterocycles. The van der Waals surface area contributed by atoms with Crippen LogP contribution in [0.5, 0.6) is 0 Å². The Labute approximate surface area is 73.4 Å². The summed E-state index contributed by atoms with van der Waals surface area (Å²) < 4.78 is 0. The number of aliphatic hydroxyl groups excluding tert-OH is 1. The molecule has 1 amide bonds. The fourth-order valence-corrected chi connectivity index (χ4v) is 1.71. The Morgan fingerprint density at radius 2 is 2.42 bits per heavy atom.